The molecule has 2 aromatic heterocycles. The summed E-state index contributed by atoms with van der Waals surface area (Å²) in [7, 11) is 0. The molecule has 0 aliphatic rings. The minimum atomic E-state index is 0.291. The zero-order chi connectivity index (χ0) is 13.1. The van der Waals surface area contributed by atoms with Crippen LogP contribution in [0.25, 0.3) is 11.4 Å². The van der Waals surface area contributed by atoms with Gasteiger partial charge in [-0.3, -0.25) is 4.98 Å². The molecule has 1 N–H and O–H groups in total. The summed E-state index contributed by atoms with van der Waals surface area (Å²) in [4.78, 5) is 8.87. The van der Waals surface area contributed by atoms with Crippen molar-refractivity contribution in [3.63, 3.8) is 0 Å². The molecule has 0 saturated carbocycles. The first-order valence-corrected chi connectivity index (χ1v) is 6.83. The molecule has 3 aromatic rings. The topological polar surface area (TPSA) is 46.0 Å². The van der Waals surface area contributed by atoms with Gasteiger partial charge in [-0.05, 0) is 29.8 Å². The summed E-state index contributed by atoms with van der Waals surface area (Å²) in [6.45, 7) is 0. The molecule has 4 heteroatoms. The van der Waals surface area contributed by atoms with E-state index in [1.54, 1.807) is 29.7 Å². The van der Waals surface area contributed by atoms with Gasteiger partial charge in [0.15, 0.2) is 0 Å². The van der Waals surface area contributed by atoms with E-state index in [0.29, 0.717) is 5.75 Å². The number of thiazole rings is 1. The highest BCUT2D eigenvalue weighted by molar-refractivity contribution is 7.10. The molecule has 0 spiro atoms. The number of pyridine rings is 1. The van der Waals surface area contributed by atoms with Crippen LogP contribution >= 0.6 is 11.3 Å². The minimum Gasteiger partial charge on any atom is -0.508 e. The lowest BCUT2D eigenvalue weighted by Crippen LogP contribution is -1.88. The Kier molecular flexibility index (Phi) is 3.25. The van der Waals surface area contributed by atoms with Crippen molar-refractivity contribution >= 4 is 11.3 Å². The third kappa shape index (κ3) is 2.80. The van der Waals surface area contributed by atoms with Crippen LogP contribution in [0, 0.1) is 0 Å². The standard InChI is InChI=1S/C15H12N2OS/c18-12-5-3-4-11(8-12)9-15-17-14(10-19-15)13-6-1-2-7-16-13/h1-8,10,18H,9H2. The van der Waals surface area contributed by atoms with E-state index in [9.17, 15) is 5.11 Å². The van der Waals surface area contributed by atoms with Crippen LogP contribution in [0.15, 0.2) is 54.0 Å². The zero-order valence-corrected chi connectivity index (χ0v) is 11.0. The van der Waals surface area contributed by atoms with Gasteiger partial charge >= 0.3 is 0 Å². The van der Waals surface area contributed by atoms with Crippen molar-refractivity contribution in [2.75, 3.05) is 0 Å². The molecule has 0 saturated heterocycles. The van der Waals surface area contributed by atoms with E-state index in [2.05, 4.69) is 9.97 Å². The molecule has 0 fully saturated rings. The van der Waals surface area contributed by atoms with Crippen LogP contribution in [-0.2, 0) is 6.42 Å². The average Bonchev–Trinajstić information content (AvgIpc) is 2.88. The van der Waals surface area contributed by atoms with Gasteiger partial charge in [-0.2, -0.15) is 0 Å². The monoisotopic (exact) mass is 268 g/mol. The van der Waals surface area contributed by atoms with Gasteiger partial charge in [-0.15, -0.1) is 11.3 Å². The van der Waals surface area contributed by atoms with Crippen molar-refractivity contribution in [2.24, 2.45) is 0 Å². The van der Waals surface area contributed by atoms with Crippen LogP contribution in [-0.4, -0.2) is 15.1 Å². The molecule has 0 unspecified atom stereocenters. The third-order valence-electron chi connectivity index (χ3n) is 2.74. The van der Waals surface area contributed by atoms with Crippen LogP contribution in [0.2, 0.25) is 0 Å². The number of aromatic hydroxyl groups is 1. The Morgan fingerprint density at radius 2 is 2.00 bits per heavy atom. The van der Waals surface area contributed by atoms with E-state index < -0.39 is 0 Å². The number of phenols is 1. The molecular formula is C15H12N2OS. The summed E-state index contributed by atoms with van der Waals surface area (Å²) in [6.07, 6.45) is 2.50. The summed E-state index contributed by atoms with van der Waals surface area (Å²) in [5.41, 5.74) is 2.85. The second-order valence-corrected chi connectivity index (χ2v) is 5.13. The molecule has 0 amide bonds. The van der Waals surface area contributed by atoms with E-state index in [4.69, 9.17) is 0 Å². The summed E-state index contributed by atoms with van der Waals surface area (Å²) in [5.74, 6) is 0.291. The molecule has 19 heavy (non-hydrogen) atoms. The maximum absolute atomic E-state index is 9.45. The SMILES string of the molecule is Oc1cccc(Cc2nc(-c3ccccn3)cs2)c1. The predicted molar refractivity (Wildman–Crippen MR) is 76.3 cm³/mol. The average molecular weight is 268 g/mol. The third-order valence-corrected chi connectivity index (χ3v) is 3.59. The highest BCUT2D eigenvalue weighted by Gasteiger charge is 2.06. The molecule has 3 nitrogen and oxygen atoms in total. The number of aromatic nitrogens is 2. The number of hydrogen-bond donors (Lipinski definition) is 1. The van der Waals surface area contributed by atoms with Crippen LogP contribution in [0.3, 0.4) is 0 Å². The lowest BCUT2D eigenvalue weighted by atomic mass is 10.1. The zero-order valence-electron chi connectivity index (χ0n) is 10.2. The van der Waals surface area contributed by atoms with Crippen molar-refractivity contribution < 1.29 is 5.11 Å². The molecule has 3 rings (SSSR count). The predicted octanol–water partition coefficient (Wildman–Crippen LogP) is 3.50. The molecule has 94 valence electrons. The smallest absolute Gasteiger partial charge is 0.115 e. The summed E-state index contributed by atoms with van der Waals surface area (Å²) in [5, 5.41) is 12.5. The highest BCUT2D eigenvalue weighted by atomic mass is 32.1. The van der Waals surface area contributed by atoms with Gasteiger partial charge in [-0.25, -0.2) is 4.98 Å². The Morgan fingerprint density at radius 3 is 2.79 bits per heavy atom. The first-order chi connectivity index (χ1) is 9.31. The molecule has 0 aliphatic carbocycles. The number of nitrogens with zero attached hydrogens (tertiary/aromatic N) is 2. The minimum absolute atomic E-state index is 0.291. The number of rotatable bonds is 3. The Bertz CT molecular complexity index is 679. The first-order valence-electron chi connectivity index (χ1n) is 5.95. The van der Waals surface area contributed by atoms with Gasteiger partial charge in [0, 0.05) is 18.0 Å². The summed E-state index contributed by atoms with van der Waals surface area (Å²) in [6, 6.07) is 13.1. The molecule has 0 aliphatic heterocycles. The highest BCUT2D eigenvalue weighted by Crippen LogP contribution is 2.22. The number of benzene rings is 1. The quantitative estimate of drug-likeness (QED) is 0.790. The molecule has 0 atom stereocenters. The van der Waals surface area contributed by atoms with E-state index >= 15 is 0 Å². The van der Waals surface area contributed by atoms with E-state index in [0.717, 1.165) is 28.4 Å². The molecule has 0 bridgehead atoms. The molecule has 1 aromatic carbocycles. The van der Waals surface area contributed by atoms with Crippen molar-refractivity contribution in [2.45, 2.75) is 6.42 Å². The maximum atomic E-state index is 9.45. The van der Waals surface area contributed by atoms with Crippen LogP contribution in [0.4, 0.5) is 0 Å². The van der Waals surface area contributed by atoms with Crippen molar-refractivity contribution in [3.8, 4) is 17.1 Å². The summed E-state index contributed by atoms with van der Waals surface area (Å²) >= 11 is 1.61. The second kappa shape index (κ2) is 5.20. The Morgan fingerprint density at radius 1 is 1.05 bits per heavy atom. The Hall–Kier alpha value is -2.20. The normalized spacial score (nSPS) is 10.5. The van der Waals surface area contributed by atoms with Crippen molar-refractivity contribution in [1.29, 1.82) is 0 Å². The lowest BCUT2D eigenvalue weighted by Gasteiger charge is -1.98. The van der Waals surface area contributed by atoms with Gasteiger partial charge in [0.05, 0.1) is 16.4 Å². The van der Waals surface area contributed by atoms with Gasteiger partial charge in [0.1, 0.15) is 5.75 Å². The molecular weight excluding hydrogens is 256 g/mol. The maximum Gasteiger partial charge on any atom is 0.115 e. The van der Waals surface area contributed by atoms with Crippen LogP contribution < -0.4 is 0 Å². The molecule has 0 radical (unpaired) electrons. The van der Waals surface area contributed by atoms with Crippen LogP contribution in [0.5, 0.6) is 5.75 Å². The Balaban J connectivity index is 1.82. The van der Waals surface area contributed by atoms with Gasteiger partial charge in [0.2, 0.25) is 0 Å². The lowest BCUT2D eigenvalue weighted by molar-refractivity contribution is 0.474. The number of phenolic OH excluding ortho intramolecular Hbond substituents is 1. The fraction of sp³-hybridized carbons (Fsp3) is 0.0667. The van der Waals surface area contributed by atoms with Gasteiger partial charge in [-0.1, -0.05) is 18.2 Å². The van der Waals surface area contributed by atoms with Crippen molar-refractivity contribution in [1.82, 2.24) is 9.97 Å². The molecule has 2 heterocycles. The fourth-order valence-corrected chi connectivity index (χ4v) is 2.69. The van der Waals surface area contributed by atoms with Crippen LogP contribution in [0.1, 0.15) is 10.6 Å². The van der Waals surface area contributed by atoms with Gasteiger partial charge in [0.25, 0.3) is 0 Å². The largest absolute Gasteiger partial charge is 0.508 e. The van der Waals surface area contributed by atoms with Crippen molar-refractivity contribution in [3.05, 3.63) is 64.6 Å². The Labute approximate surface area is 115 Å². The van der Waals surface area contributed by atoms with E-state index in [-0.39, 0.29) is 0 Å². The van der Waals surface area contributed by atoms with E-state index in [1.807, 2.05) is 35.7 Å². The van der Waals surface area contributed by atoms with Gasteiger partial charge < -0.3 is 5.11 Å². The first kappa shape index (κ1) is 11.9. The second-order valence-electron chi connectivity index (χ2n) is 4.19. The number of hydrogen-bond acceptors (Lipinski definition) is 4. The van der Waals surface area contributed by atoms with E-state index in [1.165, 1.54) is 0 Å². The fourth-order valence-electron chi connectivity index (χ4n) is 1.87. The summed E-state index contributed by atoms with van der Waals surface area (Å²) < 4.78 is 0.